The predicted molar refractivity (Wildman–Crippen MR) is 142 cm³/mol. The summed E-state index contributed by atoms with van der Waals surface area (Å²) in [6.07, 6.45) is 2.09. The number of nitrogens with zero attached hydrogens (tertiary/aromatic N) is 1. The van der Waals surface area contributed by atoms with Gasteiger partial charge >= 0.3 is 6.03 Å². The minimum absolute atomic E-state index is 0.0839. The van der Waals surface area contributed by atoms with Crippen LogP contribution >= 0.6 is 22.9 Å². The summed E-state index contributed by atoms with van der Waals surface area (Å²) in [6.45, 7) is 3.60. The molecule has 0 atom stereocenters. The van der Waals surface area contributed by atoms with Gasteiger partial charge in [-0.2, -0.15) is 0 Å². The molecule has 0 aliphatic rings. The number of aromatic nitrogens is 1. The van der Waals surface area contributed by atoms with Crippen LogP contribution in [-0.4, -0.2) is 26.1 Å². The van der Waals surface area contributed by atoms with E-state index >= 15 is 0 Å². The van der Waals surface area contributed by atoms with Crippen molar-refractivity contribution < 1.29 is 17.6 Å². The second-order valence-electron chi connectivity index (χ2n) is 7.93. The third kappa shape index (κ3) is 4.95. The van der Waals surface area contributed by atoms with E-state index in [2.05, 4.69) is 10.6 Å². The number of hydrogen-bond acceptors (Lipinski definition) is 6. The van der Waals surface area contributed by atoms with Gasteiger partial charge in [-0.15, -0.1) is 11.3 Å². The van der Waals surface area contributed by atoms with Crippen molar-refractivity contribution in [2.45, 2.75) is 24.5 Å². The summed E-state index contributed by atoms with van der Waals surface area (Å²) in [5.41, 5.74) is 2.15. The number of rotatable bonds is 6. The summed E-state index contributed by atoms with van der Waals surface area (Å²) >= 11 is 6.64. The van der Waals surface area contributed by atoms with Crippen LogP contribution in [0.5, 0.6) is 0 Å². The van der Waals surface area contributed by atoms with Gasteiger partial charge in [0.05, 0.1) is 15.4 Å². The Kier molecular flexibility index (Phi) is 7.07. The van der Waals surface area contributed by atoms with Crippen molar-refractivity contribution in [2.24, 2.45) is 0 Å². The lowest BCUT2D eigenvalue weighted by Crippen LogP contribution is -2.34. The number of hydrogen-bond donors (Lipinski definition) is 3. The molecule has 0 saturated carbocycles. The second-order valence-corrected chi connectivity index (χ2v) is 11.6. The van der Waals surface area contributed by atoms with Gasteiger partial charge in [-0.3, -0.25) is 9.36 Å². The third-order valence-electron chi connectivity index (χ3n) is 5.60. The van der Waals surface area contributed by atoms with Gasteiger partial charge in [-0.1, -0.05) is 18.5 Å². The standard InChI is InChI=1S/C24H22ClFN4O4S2/c1-4-14-10-16(30-8-7-15-11-19(27-3)18(26)12-17(15)23(30)31)9-13(2)22(14)28-24(32)29-36(33,34)21-6-5-20(25)35-21/h5-12,27H,4H2,1-3H3,(H2,28,29,32). The van der Waals surface area contributed by atoms with E-state index in [1.54, 1.807) is 44.4 Å². The number of fused-ring (bicyclic) bond motifs is 1. The van der Waals surface area contributed by atoms with Gasteiger partial charge < -0.3 is 10.6 Å². The van der Waals surface area contributed by atoms with Crippen molar-refractivity contribution in [3.05, 3.63) is 80.3 Å². The average Bonchev–Trinajstić information content (AvgIpc) is 3.27. The molecule has 0 radical (unpaired) electrons. The summed E-state index contributed by atoms with van der Waals surface area (Å²) in [5.74, 6) is -0.532. The van der Waals surface area contributed by atoms with Gasteiger partial charge in [-0.05, 0) is 72.3 Å². The molecule has 0 aliphatic heterocycles. The molecule has 3 N–H and O–H groups in total. The maximum absolute atomic E-state index is 14.3. The molecule has 0 saturated heterocycles. The zero-order valence-corrected chi connectivity index (χ0v) is 21.9. The Morgan fingerprint density at radius 3 is 2.56 bits per heavy atom. The Bertz CT molecular complexity index is 1660. The molecule has 36 heavy (non-hydrogen) atoms. The zero-order valence-electron chi connectivity index (χ0n) is 19.5. The maximum atomic E-state index is 14.3. The highest BCUT2D eigenvalue weighted by atomic mass is 35.5. The predicted octanol–water partition coefficient (Wildman–Crippen LogP) is 5.27. The number of amides is 2. The van der Waals surface area contributed by atoms with Crippen LogP contribution in [0.25, 0.3) is 16.5 Å². The fraction of sp³-hybridized carbons (Fsp3) is 0.167. The first kappa shape index (κ1) is 25.7. The minimum Gasteiger partial charge on any atom is -0.386 e. The van der Waals surface area contributed by atoms with Crippen LogP contribution in [0.1, 0.15) is 18.1 Å². The molecule has 0 aliphatic carbocycles. The van der Waals surface area contributed by atoms with Crippen molar-refractivity contribution in [3.8, 4) is 5.69 Å². The van der Waals surface area contributed by atoms with E-state index in [0.29, 0.717) is 40.0 Å². The lowest BCUT2D eigenvalue weighted by Gasteiger charge is -2.17. The molecular formula is C24H22ClFN4O4S2. The number of carbonyl (C=O) groups is 1. The first-order chi connectivity index (χ1) is 17.0. The van der Waals surface area contributed by atoms with Crippen molar-refractivity contribution in [2.75, 3.05) is 17.7 Å². The van der Waals surface area contributed by atoms with Crippen LogP contribution in [0.3, 0.4) is 0 Å². The van der Waals surface area contributed by atoms with Crippen molar-refractivity contribution in [1.82, 2.24) is 9.29 Å². The first-order valence-electron chi connectivity index (χ1n) is 10.8. The molecule has 8 nitrogen and oxygen atoms in total. The number of aryl methyl sites for hydroxylation is 2. The van der Waals surface area contributed by atoms with Crippen LogP contribution in [0.15, 0.2) is 57.7 Å². The van der Waals surface area contributed by atoms with E-state index in [4.69, 9.17) is 11.6 Å². The molecule has 188 valence electrons. The van der Waals surface area contributed by atoms with Gasteiger partial charge in [-0.25, -0.2) is 22.3 Å². The molecular weight excluding hydrogens is 527 g/mol. The number of anilines is 2. The number of halogens is 2. The van der Waals surface area contributed by atoms with Gasteiger partial charge in [0.15, 0.2) is 0 Å². The Morgan fingerprint density at radius 1 is 1.17 bits per heavy atom. The van der Waals surface area contributed by atoms with Crippen molar-refractivity contribution in [3.63, 3.8) is 0 Å². The zero-order chi connectivity index (χ0) is 26.2. The summed E-state index contributed by atoms with van der Waals surface area (Å²) < 4.78 is 42.8. The van der Waals surface area contributed by atoms with Crippen molar-refractivity contribution >= 4 is 61.1 Å². The van der Waals surface area contributed by atoms with E-state index in [9.17, 15) is 22.4 Å². The van der Waals surface area contributed by atoms with Crippen molar-refractivity contribution in [1.29, 1.82) is 0 Å². The molecule has 0 bridgehead atoms. The molecule has 0 fully saturated rings. The van der Waals surface area contributed by atoms with E-state index in [-0.39, 0.29) is 13.9 Å². The summed E-state index contributed by atoms with van der Waals surface area (Å²) in [4.78, 5) is 25.7. The second kappa shape index (κ2) is 9.92. The highest BCUT2D eigenvalue weighted by Crippen LogP contribution is 2.28. The Labute approximate surface area is 215 Å². The topological polar surface area (TPSA) is 109 Å². The molecule has 4 rings (SSSR count). The molecule has 2 aromatic carbocycles. The van der Waals surface area contributed by atoms with Crippen LogP contribution in [0.4, 0.5) is 20.6 Å². The van der Waals surface area contributed by atoms with E-state index in [0.717, 1.165) is 11.3 Å². The summed E-state index contributed by atoms with van der Waals surface area (Å²) in [5, 5.41) is 6.18. The normalized spacial score (nSPS) is 11.5. The van der Waals surface area contributed by atoms with E-state index < -0.39 is 27.4 Å². The monoisotopic (exact) mass is 548 g/mol. The lowest BCUT2D eigenvalue weighted by molar-refractivity contribution is 0.256. The number of nitrogens with one attached hydrogen (secondary N) is 3. The summed E-state index contributed by atoms with van der Waals surface area (Å²) in [7, 11) is -2.49. The first-order valence-corrected chi connectivity index (χ1v) is 13.5. The summed E-state index contributed by atoms with van der Waals surface area (Å²) in [6, 6.07) is 9.72. The highest BCUT2D eigenvalue weighted by molar-refractivity contribution is 7.92. The lowest BCUT2D eigenvalue weighted by atomic mass is 10.0. The molecule has 2 heterocycles. The molecule has 0 unspecified atom stereocenters. The molecule has 0 spiro atoms. The Balaban J connectivity index is 1.67. The fourth-order valence-electron chi connectivity index (χ4n) is 3.85. The van der Waals surface area contributed by atoms with Gasteiger partial charge in [0, 0.05) is 24.6 Å². The molecule has 2 aromatic heterocycles. The van der Waals surface area contributed by atoms with Gasteiger partial charge in [0.1, 0.15) is 10.0 Å². The molecule has 12 heteroatoms. The maximum Gasteiger partial charge on any atom is 0.333 e. The number of urea groups is 1. The van der Waals surface area contributed by atoms with Crippen LogP contribution in [-0.2, 0) is 16.4 Å². The van der Waals surface area contributed by atoms with Gasteiger partial charge in [0.25, 0.3) is 15.6 Å². The van der Waals surface area contributed by atoms with Gasteiger partial charge in [0.2, 0.25) is 0 Å². The number of pyridine rings is 1. The van der Waals surface area contributed by atoms with Crippen LogP contribution < -0.4 is 20.9 Å². The largest absolute Gasteiger partial charge is 0.386 e. The van der Waals surface area contributed by atoms with Crippen LogP contribution in [0, 0.1) is 12.7 Å². The number of benzene rings is 2. The van der Waals surface area contributed by atoms with E-state index in [1.807, 2.05) is 11.6 Å². The Hall–Kier alpha value is -3.41. The molecule has 2 amide bonds. The number of sulfonamides is 1. The molecule has 4 aromatic rings. The average molecular weight is 549 g/mol. The fourth-order valence-corrected chi connectivity index (χ4v) is 6.24. The minimum atomic E-state index is -4.09. The number of carbonyl (C=O) groups excluding carboxylic acids is 1. The van der Waals surface area contributed by atoms with E-state index in [1.165, 1.54) is 22.8 Å². The number of thiophene rings is 1. The highest BCUT2D eigenvalue weighted by Gasteiger charge is 2.21. The third-order valence-corrected chi connectivity index (χ3v) is 8.65. The quantitative estimate of drug-likeness (QED) is 0.304. The van der Waals surface area contributed by atoms with Crippen LogP contribution in [0.2, 0.25) is 4.34 Å². The smallest absolute Gasteiger partial charge is 0.333 e. The Morgan fingerprint density at radius 2 is 1.92 bits per heavy atom. The SMILES string of the molecule is CCc1cc(-n2ccc3cc(NC)c(F)cc3c2=O)cc(C)c1NC(=O)NS(=O)(=O)c1ccc(Cl)s1.